The predicted octanol–water partition coefficient (Wildman–Crippen LogP) is 2.27. The Morgan fingerprint density at radius 3 is 2.75 bits per heavy atom. The molecule has 1 atom stereocenters. The summed E-state index contributed by atoms with van der Waals surface area (Å²) in [5.41, 5.74) is 7.87. The highest BCUT2D eigenvalue weighted by Gasteiger charge is 2.13. The van der Waals surface area contributed by atoms with E-state index >= 15 is 0 Å². The van der Waals surface area contributed by atoms with Crippen molar-refractivity contribution in [2.45, 2.75) is 19.5 Å². The zero-order valence-corrected chi connectivity index (χ0v) is 10.8. The van der Waals surface area contributed by atoms with Crippen LogP contribution in [0.5, 0.6) is 0 Å². The number of ether oxygens (including phenoxy) is 1. The molecule has 0 radical (unpaired) electrons. The summed E-state index contributed by atoms with van der Waals surface area (Å²) in [4.78, 5) is 2.14. The number of benzene rings is 1. The SMILES string of the molecule is COCC(C)N(C)c1cc(Cl)ccc1CN. The highest BCUT2D eigenvalue weighted by molar-refractivity contribution is 6.30. The quantitative estimate of drug-likeness (QED) is 0.861. The van der Waals surface area contributed by atoms with Gasteiger partial charge in [0.1, 0.15) is 0 Å². The van der Waals surface area contributed by atoms with Crippen molar-refractivity contribution >= 4 is 17.3 Å². The maximum atomic E-state index is 6.00. The molecular weight excluding hydrogens is 224 g/mol. The van der Waals surface area contributed by atoms with E-state index in [2.05, 4.69) is 11.8 Å². The summed E-state index contributed by atoms with van der Waals surface area (Å²) in [6.07, 6.45) is 0. The van der Waals surface area contributed by atoms with Crippen LogP contribution in [-0.4, -0.2) is 26.8 Å². The van der Waals surface area contributed by atoms with Crippen LogP contribution in [0.4, 0.5) is 5.69 Å². The van der Waals surface area contributed by atoms with Gasteiger partial charge in [-0.3, -0.25) is 0 Å². The number of anilines is 1. The summed E-state index contributed by atoms with van der Waals surface area (Å²) in [5, 5.41) is 0.726. The number of likely N-dealkylation sites (N-methyl/N-ethyl adjacent to an activating group) is 1. The lowest BCUT2D eigenvalue weighted by atomic mass is 10.1. The van der Waals surface area contributed by atoms with E-state index in [1.54, 1.807) is 7.11 Å². The molecule has 1 rings (SSSR count). The van der Waals surface area contributed by atoms with Crippen molar-refractivity contribution < 1.29 is 4.74 Å². The van der Waals surface area contributed by atoms with Crippen molar-refractivity contribution in [2.24, 2.45) is 5.73 Å². The molecule has 1 aromatic rings. The number of hydrogen-bond donors (Lipinski definition) is 1. The summed E-state index contributed by atoms with van der Waals surface area (Å²) in [5.74, 6) is 0. The Kier molecular flexibility index (Phi) is 5.06. The third-order valence-corrected chi connectivity index (χ3v) is 2.95. The maximum Gasteiger partial charge on any atom is 0.0663 e. The first-order valence-electron chi connectivity index (χ1n) is 5.30. The van der Waals surface area contributed by atoms with Crippen LogP contribution in [0, 0.1) is 0 Å². The van der Waals surface area contributed by atoms with E-state index in [1.807, 2.05) is 25.2 Å². The zero-order chi connectivity index (χ0) is 12.1. The molecule has 16 heavy (non-hydrogen) atoms. The van der Waals surface area contributed by atoms with Crippen molar-refractivity contribution in [1.29, 1.82) is 0 Å². The van der Waals surface area contributed by atoms with Gasteiger partial charge < -0.3 is 15.4 Å². The molecule has 0 amide bonds. The van der Waals surface area contributed by atoms with Crippen LogP contribution in [0.2, 0.25) is 5.02 Å². The number of halogens is 1. The first-order valence-corrected chi connectivity index (χ1v) is 5.68. The summed E-state index contributed by atoms with van der Waals surface area (Å²) >= 11 is 6.00. The monoisotopic (exact) mass is 242 g/mol. The lowest BCUT2D eigenvalue weighted by Gasteiger charge is -2.28. The van der Waals surface area contributed by atoms with Crippen LogP contribution < -0.4 is 10.6 Å². The van der Waals surface area contributed by atoms with Crippen LogP contribution in [0.25, 0.3) is 0 Å². The van der Waals surface area contributed by atoms with E-state index in [-0.39, 0.29) is 6.04 Å². The molecule has 0 bridgehead atoms. The van der Waals surface area contributed by atoms with Crippen LogP contribution in [-0.2, 0) is 11.3 Å². The van der Waals surface area contributed by atoms with E-state index in [9.17, 15) is 0 Å². The Balaban J connectivity index is 2.96. The van der Waals surface area contributed by atoms with E-state index in [1.165, 1.54) is 0 Å². The van der Waals surface area contributed by atoms with Gasteiger partial charge in [-0.2, -0.15) is 0 Å². The fourth-order valence-corrected chi connectivity index (χ4v) is 1.79. The van der Waals surface area contributed by atoms with Gasteiger partial charge in [0.05, 0.1) is 6.61 Å². The van der Waals surface area contributed by atoms with Crippen molar-refractivity contribution in [2.75, 3.05) is 25.7 Å². The first kappa shape index (κ1) is 13.3. The molecule has 0 aliphatic rings. The van der Waals surface area contributed by atoms with Gasteiger partial charge in [0.25, 0.3) is 0 Å². The smallest absolute Gasteiger partial charge is 0.0663 e. The third-order valence-electron chi connectivity index (χ3n) is 2.72. The van der Waals surface area contributed by atoms with Gasteiger partial charge in [-0.25, -0.2) is 0 Å². The molecule has 0 aromatic heterocycles. The van der Waals surface area contributed by atoms with Gasteiger partial charge in [0.2, 0.25) is 0 Å². The fourth-order valence-electron chi connectivity index (χ4n) is 1.63. The van der Waals surface area contributed by atoms with Gasteiger partial charge in [-0.05, 0) is 24.6 Å². The summed E-state index contributed by atoms with van der Waals surface area (Å²) in [6, 6.07) is 6.06. The Labute approximate surface area is 102 Å². The van der Waals surface area contributed by atoms with Crippen LogP contribution >= 0.6 is 11.6 Å². The highest BCUT2D eigenvalue weighted by atomic mass is 35.5. The number of nitrogens with two attached hydrogens (primary N) is 1. The van der Waals surface area contributed by atoms with E-state index in [4.69, 9.17) is 22.1 Å². The Hall–Kier alpha value is -0.770. The summed E-state index contributed by atoms with van der Waals surface area (Å²) in [6.45, 7) is 3.29. The second-order valence-electron chi connectivity index (χ2n) is 3.89. The minimum absolute atomic E-state index is 0.286. The predicted molar refractivity (Wildman–Crippen MR) is 69.1 cm³/mol. The van der Waals surface area contributed by atoms with E-state index in [0.29, 0.717) is 13.2 Å². The molecule has 90 valence electrons. The topological polar surface area (TPSA) is 38.5 Å². The third kappa shape index (κ3) is 3.11. The fraction of sp³-hybridized carbons (Fsp3) is 0.500. The van der Waals surface area contributed by atoms with E-state index < -0.39 is 0 Å². The second kappa shape index (κ2) is 6.09. The highest BCUT2D eigenvalue weighted by Crippen LogP contribution is 2.25. The maximum absolute atomic E-state index is 6.00. The molecule has 2 N–H and O–H groups in total. The minimum Gasteiger partial charge on any atom is -0.383 e. The molecule has 0 spiro atoms. The number of rotatable bonds is 5. The number of nitrogens with zero attached hydrogens (tertiary/aromatic N) is 1. The molecule has 0 saturated heterocycles. The zero-order valence-electron chi connectivity index (χ0n) is 10.0. The molecule has 0 aliphatic heterocycles. The molecule has 3 nitrogen and oxygen atoms in total. The van der Waals surface area contributed by atoms with Crippen molar-refractivity contribution in [3.8, 4) is 0 Å². The van der Waals surface area contributed by atoms with Crippen molar-refractivity contribution in [1.82, 2.24) is 0 Å². The minimum atomic E-state index is 0.286. The Morgan fingerprint density at radius 1 is 1.50 bits per heavy atom. The number of methoxy groups -OCH3 is 1. The molecule has 0 aliphatic carbocycles. The molecule has 1 unspecified atom stereocenters. The standard InChI is InChI=1S/C12H19ClN2O/c1-9(8-16-3)15(2)12-6-11(13)5-4-10(12)7-14/h4-6,9H,7-8,14H2,1-3H3. The van der Waals surface area contributed by atoms with Gasteiger partial charge in [0.15, 0.2) is 0 Å². The van der Waals surface area contributed by atoms with E-state index in [0.717, 1.165) is 16.3 Å². The second-order valence-corrected chi connectivity index (χ2v) is 4.33. The van der Waals surface area contributed by atoms with Gasteiger partial charge in [-0.1, -0.05) is 17.7 Å². The lowest BCUT2D eigenvalue weighted by molar-refractivity contribution is 0.183. The summed E-state index contributed by atoms with van der Waals surface area (Å²) in [7, 11) is 3.72. The van der Waals surface area contributed by atoms with Crippen molar-refractivity contribution in [3.05, 3.63) is 28.8 Å². The average Bonchev–Trinajstić information content (AvgIpc) is 2.28. The average molecular weight is 243 g/mol. The molecular formula is C12H19ClN2O. The molecule has 4 heteroatoms. The molecule has 0 fully saturated rings. The van der Waals surface area contributed by atoms with Gasteiger partial charge in [0, 0.05) is 37.5 Å². The summed E-state index contributed by atoms with van der Waals surface area (Å²) < 4.78 is 5.14. The van der Waals surface area contributed by atoms with Crippen LogP contribution in [0.3, 0.4) is 0 Å². The van der Waals surface area contributed by atoms with Gasteiger partial charge >= 0.3 is 0 Å². The largest absolute Gasteiger partial charge is 0.383 e. The molecule has 0 saturated carbocycles. The molecule has 0 heterocycles. The first-order chi connectivity index (χ1) is 7.60. The Morgan fingerprint density at radius 2 is 2.19 bits per heavy atom. The normalized spacial score (nSPS) is 12.6. The van der Waals surface area contributed by atoms with Gasteiger partial charge in [-0.15, -0.1) is 0 Å². The Bertz CT molecular complexity index is 344. The van der Waals surface area contributed by atoms with Crippen LogP contribution in [0.15, 0.2) is 18.2 Å². The number of hydrogen-bond acceptors (Lipinski definition) is 3. The van der Waals surface area contributed by atoms with Crippen LogP contribution in [0.1, 0.15) is 12.5 Å². The molecule has 1 aromatic carbocycles. The van der Waals surface area contributed by atoms with Crippen molar-refractivity contribution in [3.63, 3.8) is 0 Å². The lowest BCUT2D eigenvalue weighted by Crippen LogP contribution is -2.33.